The molecule has 2 aliphatic rings. The summed E-state index contributed by atoms with van der Waals surface area (Å²) in [5, 5.41) is 10.6. The molecule has 0 saturated carbocycles. The molecule has 2 N–H and O–H groups in total. The minimum Gasteiger partial charge on any atom is -0.492 e. The van der Waals surface area contributed by atoms with Crippen molar-refractivity contribution in [2.75, 3.05) is 39.5 Å². The summed E-state index contributed by atoms with van der Waals surface area (Å²) in [5.74, 6) is 0.846. The number of carbonyl (C=O) groups excluding carboxylic acids is 1. The quantitative estimate of drug-likeness (QED) is 0.778. The second-order valence-electron chi connectivity index (χ2n) is 5.61. The zero-order chi connectivity index (χ0) is 17.4. The lowest BCUT2D eigenvalue weighted by Crippen LogP contribution is -2.43. The fourth-order valence-corrected chi connectivity index (χ4v) is 2.85. The Hall–Kier alpha value is -1.83. The first kappa shape index (κ1) is 18.5. The van der Waals surface area contributed by atoms with Crippen molar-refractivity contribution in [3.05, 3.63) is 29.3 Å². The lowest BCUT2D eigenvalue weighted by Gasteiger charge is -2.27. The van der Waals surface area contributed by atoms with Crippen LogP contribution < -0.4 is 10.1 Å². The van der Waals surface area contributed by atoms with Gasteiger partial charge in [-0.3, -0.25) is 14.5 Å². The molecule has 24 heavy (non-hydrogen) atoms. The molecule has 2 heterocycles. The largest absolute Gasteiger partial charge is 0.492 e. The van der Waals surface area contributed by atoms with E-state index in [1.807, 2.05) is 24.3 Å². The Kier molecular flexibility index (Phi) is 7.30. The summed E-state index contributed by atoms with van der Waals surface area (Å²) < 4.78 is 11.2. The van der Waals surface area contributed by atoms with Gasteiger partial charge in [-0.1, -0.05) is 11.6 Å². The van der Waals surface area contributed by atoms with Crippen molar-refractivity contribution < 1.29 is 24.2 Å². The maximum atomic E-state index is 11.9. The highest BCUT2D eigenvalue weighted by Gasteiger charge is 2.32. The molecule has 0 spiro atoms. The van der Waals surface area contributed by atoms with E-state index in [9.17, 15) is 4.79 Å². The molecule has 2 fully saturated rings. The number of benzene rings is 1. The third-order valence-electron chi connectivity index (χ3n) is 3.80. The van der Waals surface area contributed by atoms with Gasteiger partial charge in [0.05, 0.1) is 25.2 Å². The van der Waals surface area contributed by atoms with Gasteiger partial charge in [0.15, 0.2) is 0 Å². The second kappa shape index (κ2) is 9.46. The average molecular weight is 357 g/mol. The molecular formula is C16H21ClN2O5. The number of hydrogen-bond donors (Lipinski definition) is 2. The van der Waals surface area contributed by atoms with E-state index < -0.39 is 0 Å². The number of nitrogens with one attached hydrogen (secondary N) is 1. The Morgan fingerprint density at radius 1 is 1.33 bits per heavy atom. The van der Waals surface area contributed by atoms with Gasteiger partial charge >= 0.3 is 0 Å². The van der Waals surface area contributed by atoms with Crippen LogP contribution in [-0.2, 0) is 14.3 Å². The molecule has 1 amide bonds. The standard InChI is InChI=1S/C15H19ClN2O3.CH2O2/c16-12-1-3-14(4-2-12)21-6-5-18-7-11-9-20-10-13(8-18)17-15(11)19;2-1-3/h1-4,11,13H,5-10H2,(H,17,19);1H,(H,2,3)/t11-,13+;/m1./s1. The van der Waals surface area contributed by atoms with Gasteiger partial charge in [-0.25, -0.2) is 0 Å². The number of ether oxygens (including phenoxy) is 2. The molecule has 7 nitrogen and oxygen atoms in total. The number of halogens is 1. The Labute approximate surface area is 145 Å². The number of nitrogens with zero attached hydrogens (tertiary/aromatic N) is 1. The van der Waals surface area contributed by atoms with Gasteiger partial charge in [-0.2, -0.15) is 0 Å². The molecule has 8 heteroatoms. The van der Waals surface area contributed by atoms with E-state index in [-0.39, 0.29) is 24.3 Å². The highest BCUT2D eigenvalue weighted by molar-refractivity contribution is 6.30. The summed E-state index contributed by atoms with van der Waals surface area (Å²) in [6, 6.07) is 7.43. The summed E-state index contributed by atoms with van der Waals surface area (Å²) in [7, 11) is 0. The molecule has 2 saturated heterocycles. The predicted octanol–water partition coefficient (Wildman–Crippen LogP) is 0.866. The molecule has 132 valence electrons. The minimum absolute atomic E-state index is 0.0759. The van der Waals surface area contributed by atoms with Crippen LogP contribution in [0.15, 0.2) is 24.3 Å². The molecule has 0 unspecified atom stereocenters. The van der Waals surface area contributed by atoms with Crippen LogP contribution in [0.4, 0.5) is 0 Å². The molecule has 0 aromatic heterocycles. The van der Waals surface area contributed by atoms with Crippen molar-refractivity contribution in [2.24, 2.45) is 5.92 Å². The van der Waals surface area contributed by atoms with Gasteiger partial charge in [-0.15, -0.1) is 0 Å². The molecule has 0 radical (unpaired) electrons. The first-order valence-corrected chi connectivity index (χ1v) is 8.07. The van der Waals surface area contributed by atoms with Crippen molar-refractivity contribution in [3.63, 3.8) is 0 Å². The summed E-state index contributed by atoms with van der Waals surface area (Å²) in [6.45, 7) is 3.78. The molecule has 2 aliphatic heterocycles. The zero-order valence-corrected chi connectivity index (χ0v) is 13.9. The van der Waals surface area contributed by atoms with Crippen molar-refractivity contribution in [2.45, 2.75) is 6.04 Å². The van der Waals surface area contributed by atoms with Crippen LogP contribution in [0.3, 0.4) is 0 Å². The monoisotopic (exact) mass is 356 g/mol. The maximum Gasteiger partial charge on any atom is 0.290 e. The van der Waals surface area contributed by atoms with Gasteiger partial charge in [0.1, 0.15) is 12.4 Å². The summed E-state index contributed by atoms with van der Waals surface area (Å²) >= 11 is 5.84. The SMILES string of the molecule is O=C1N[C@@H]2COC[C@H]1CN(CCOc1ccc(Cl)cc1)C2.O=CO. The van der Waals surface area contributed by atoms with Crippen LogP contribution in [-0.4, -0.2) is 67.9 Å². The van der Waals surface area contributed by atoms with E-state index in [0.29, 0.717) is 24.8 Å². The molecular weight excluding hydrogens is 336 g/mol. The number of fused-ring (bicyclic) bond motifs is 3. The summed E-state index contributed by atoms with van der Waals surface area (Å²) in [5.41, 5.74) is 0. The van der Waals surface area contributed by atoms with Crippen molar-refractivity contribution in [1.29, 1.82) is 0 Å². The lowest BCUT2D eigenvalue weighted by atomic mass is 10.1. The van der Waals surface area contributed by atoms with Crippen LogP contribution in [0.5, 0.6) is 5.75 Å². The number of rotatable bonds is 4. The number of carbonyl (C=O) groups is 2. The Morgan fingerprint density at radius 2 is 2.04 bits per heavy atom. The van der Waals surface area contributed by atoms with Crippen LogP contribution in [0.1, 0.15) is 0 Å². The van der Waals surface area contributed by atoms with Crippen LogP contribution in [0, 0.1) is 5.92 Å². The zero-order valence-electron chi connectivity index (χ0n) is 13.2. The van der Waals surface area contributed by atoms with Gasteiger partial charge < -0.3 is 19.9 Å². The smallest absolute Gasteiger partial charge is 0.290 e. The van der Waals surface area contributed by atoms with E-state index in [0.717, 1.165) is 25.4 Å². The van der Waals surface area contributed by atoms with Crippen molar-refractivity contribution >= 4 is 24.0 Å². The molecule has 3 rings (SSSR count). The maximum absolute atomic E-state index is 11.9. The highest BCUT2D eigenvalue weighted by Crippen LogP contribution is 2.16. The van der Waals surface area contributed by atoms with Gasteiger partial charge in [0.2, 0.25) is 5.91 Å². The molecule has 1 aromatic carbocycles. The fourth-order valence-electron chi connectivity index (χ4n) is 2.73. The Morgan fingerprint density at radius 3 is 2.75 bits per heavy atom. The van der Waals surface area contributed by atoms with E-state index in [1.54, 1.807) is 0 Å². The van der Waals surface area contributed by atoms with E-state index in [4.69, 9.17) is 31.0 Å². The summed E-state index contributed by atoms with van der Waals surface area (Å²) in [6.07, 6.45) is 0. The first-order chi connectivity index (χ1) is 11.6. The fraction of sp³-hybridized carbons (Fsp3) is 0.500. The Balaban J connectivity index is 0.000000647. The van der Waals surface area contributed by atoms with E-state index >= 15 is 0 Å². The topological polar surface area (TPSA) is 88.1 Å². The van der Waals surface area contributed by atoms with Gasteiger partial charge in [0, 0.05) is 24.7 Å². The van der Waals surface area contributed by atoms with Gasteiger partial charge in [-0.05, 0) is 24.3 Å². The number of hydrogen-bond acceptors (Lipinski definition) is 5. The third kappa shape index (κ3) is 5.67. The molecule has 2 atom stereocenters. The van der Waals surface area contributed by atoms with Crippen molar-refractivity contribution in [1.82, 2.24) is 10.2 Å². The molecule has 2 bridgehead atoms. The average Bonchev–Trinajstić information content (AvgIpc) is 2.79. The normalized spacial score (nSPS) is 23.3. The van der Waals surface area contributed by atoms with Crippen LogP contribution in [0.2, 0.25) is 5.02 Å². The third-order valence-corrected chi connectivity index (χ3v) is 4.05. The summed E-state index contributed by atoms with van der Waals surface area (Å²) in [4.78, 5) is 22.5. The van der Waals surface area contributed by atoms with E-state index in [2.05, 4.69) is 10.2 Å². The van der Waals surface area contributed by atoms with Crippen molar-refractivity contribution in [3.8, 4) is 5.75 Å². The molecule has 0 aliphatic carbocycles. The Bertz CT molecular complexity index is 540. The number of carboxylic acid groups (broad SMARTS) is 1. The second-order valence-corrected chi connectivity index (χ2v) is 6.04. The molecule has 1 aromatic rings. The number of amides is 1. The minimum atomic E-state index is -0.250. The van der Waals surface area contributed by atoms with E-state index in [1.165, 1.54) is 0 Å². The van der Waals surface area contributed by atoms with Gasteiger partial charge in [0.25, 0.3) is 6.47 Å². The lowest BCUT2D eigenvalue weighted by molar-refractivity contribution is -0.125. The van der Waals surface area contributed by atoms with Crippen LogP contribution in [0.25, 0.3) is 0 Å². The predicted molar refractivity (Wildman–Crippen MR) is 88.3 cm³/mol. The van der Waals surface area contributed by atoms with Crippen LogP contribution >= 0.6 is 11.6 Å². The first-order valence-electron chi connectivity index (χ1n) is 7.69. The highest BCUT2D eigenvalue weighted by atomic mass is 35.5.